The Bertz CT molecular complexity index is 283. The molecule has 0 unspecified atom stereocenters. The number of carbonyl (C=O) groups is 2. The third-order valence-electron chi connectivity index (χ3n) is 1.25. The van der Waals surface area contributed by atoms with Crippen molar-refractivity contribution in [3.63, 3.8) is 0 Å². The van der Waals surface area contributed by atoms with Crippen molar-refractivity contribution in [1.82, 2.24) is 0 Å². The van der Waals surface area contributed by atoms with Crippen LogP contribution >= 0.6 is 0 Å². The second kappa shape index (κ2) is 31.0. The summed E-state index contributed by atoms with van der Waals surface area (Å²) in [7, 11) is 0. The zero-order valence-corrected chi connectivity index (χ0v) is 14.1. The lowest BCUT2D eigenvalue weighted by atomic mass is 10.4. The molecule has 0 aromatic rings. The van der Waals surface area contributed by atoms with Crippen molar-refractivity contribution in [1.29, 1.82) is 0 Å². The van der Waals surface area contributed by atoms with Crippen LogP contribution in [0.4, 0.5) is 0 Å². The lowest BCUT2D eigenvalue weighted by molar-refractivity contribution is -0.147. The van der Waals surface area contributed by atoms with Crippen molar-refractivity contribution in [2.45, 2.75) is 13.8 Å². The highest BCUT2D eigenvalue weighted by Gasteiger charge is 2.05. The van der Waals surface area contributed by atoms with Crippen molar-refractivity contribution in [2.75, 3.05) is 13.2 Å². The molecule has 0 spiro atoms. The Balaban J connectivity index is -0.000000103. The average Bonchev–Trinajstić information content (AvgIpc) is 2.58. The summed E-state index contributed by atoms with van der Waals surface area (Å²) in [6.45, 7) is 34.0. The molecule has 0 saturated carbocycles. The van der Waals surface area contributed by atoms with Crippen LogP contribution in [0.2, 0.25) is 0 Å². The Labute approximate surface area is 135 Å². The molecule has 0 amide bonds. The molecule has 0 radical (unpaired) electrons. The Hall–Kier alpha value is -2.62. The molecule has 0 aliphatic rings. The van der Waals surface area contributed by atoms with Gasteiger partial charge >= 0.3 is 11.9 Å². The van der Waals surface area contributed by atoms with Gasteiger partial charge in [-0.3, -0.25) is 0 Å². The van der Waals surface area contributed by atoms with E-state index in [1.165, 1.54) is 0 Å². The molecule has 0 aliphatic carbocycles. The van der Waals surface area contributed by atoms with E-state index in [1.807, 2.05) is 0 Å². The van der Waals surface area contributed by atoms with Crippen LogP contribution < -0.4 is 0 Å². The first-order valence-electron chi connectivity index (χ1n) is 6.10. The maximum Gasteiger partial charge on any atom is 0.333 e. The van der Waals surface area contributed by atoms with Crippen molar-refractivity contribution in [2.24, 2.45) is 0 Å². The van der Waals surface area contributed by atoms with Gasteiger partial charge in [0, 0.05) is 11.1 Å². The van der Waals surface area contributed by atoms with Crippen LogP contribution in [0.5, 0.6) is 0 Å². The maximum atomic E-state index is 10.8. The van der Waals surface area contributed by atoms with Gasteiger partial charge in [0.25, 0.3) is 0 Å². The average molecular weight is 310 g/mol. The van der Waals surface area contributed by atoms with Gasteiger partial charge < -0.3 is 9.47 Å². The molecule has 22 heavy (non-hydrogen) atoms. The Kier molecular flexibility index (Phi) is 44.6. The van der Waals surface area contributed by atoms with E-state index in [-0.39, 0.29) is 13.2 Å². The maximum absolute atomic E-state index is 10.8. The van der Waals surface area contributed by atoms with Crippen LogP contribution in [0.15, 0.2) is 76.9 Å². The topological polar surface area (TPSA) is 52.6 Å². The van der Waals surface area contributed by atoms with E-state index in [1.54, 1.807) is 13.8 Å². The second-order valence-corrected chi connectivity index (χ2v) is 2.83. The molecule has 0 aliphatic heterocycles. The van der Waals surface area contributed by atoms with Crippen LogP contribution in [0.25, 0.3) is 0 Å². The molecule has 0 N–H and O–H groups in total. The summed E-state index contributed by atoms with van der Waals surface area (Å²) in [6, 6.07) is 0. The first kappa shape index (κ1) is 31.7. The van der Waals surface area contributed by atoms with Gasteiger partial charge in [-0.15, -0.1) is 52.6 Å². The van der Waals surface area contributed by atoms with Gasteiger partial charge in [0.2, 0.25) is 0 Å². The van der Waals surface area contributed by atoms with E-state index in [2.05, 4.69) is 75.3 Å². The largest absolute Gasteiger partial charge is 0.459 e. The van der Waals surface area contributed by atoms with E-state index in [0.29, 0.717) is 11.1 Å². The van der Waals surface area contributed by atoms with E-state index in [9.17, 15) is 9.59 Å². The van der Waals surface area contributed by atoms with Crippen LogP contribution in [0.1, 0.15) is 13.8 Å². The smallest absolute Gasteiger partial charge is 0.333 e. The van der Waals surface area contributed by atoms with Crippen molar-refractivity contribution in [3.8, 4) is 0 Å². The van der Waals surface area contributed by atoms with Crippen molar-refractivity contribution >= 4 is 11.9 Å². The van der Waals surface area contributed by atoms with Crippen molar-refractivity contribution in [3.05, 3.63) is 76.9 Å². The minimum atomic E-state index is -0.489. The zero-order chi connectivity index (χ0) is 19.1. The lowest BCUT2D eigenvalue weighted by Gasteiger charge is -2.05. The van der Waals surface area contributed by atoms with Gasteiger partial charge in [0.15, 0.2) is 0 Å². The standard InChI is InChI=1S/C10H14O4.4C2H4/c1-7(2)9(11)13-5-6-14-10(12)8(3)4;4*1-2/h1,3,5-6H2,2,4H3;4*1-2H2. The van der Waals surface area contributed by atoms with Gasteiger partial charge in [0.05, 0.1) is 0 Å². The Morgan fingerprint density at radius 3 is 0.955 bits per heavy atom. The predicted octanol–water partition coefficient (Wildman–Crippen LogP) is 4.43. The molecule has 0 bridgehead atoms. The Morgan fingerprint density at radius 2 is 0.818 bits per heavy atom. The molecule has 0 atom stereocenters. The van der Waals surface area contributed by atoms with Gasteiger partial charge in [-0.05, 0) is 13.8 Å². The number of carbonyl (C=O) groups excluding carboxylic acids is 2. The summed E-state index contributed by atoms with van der Waals surface area (Å²) < 4.78 is 9.38. The zero-order valence-electron chi connectivity index (χ0n) is 14.1. The van der Waals surface area contributed by atoms with E-state index >= 15 is 0 Å². The molecular weight excluding hydrogens is 280 g/mol. The highest BCUT2D eigenvalue weighted by Crippen LogP contribution is 1.94. The summed E-state index contributed by atoms with van der Waals surface area (Å²) in [5, 5.41) is 0. The predicted molar refractivity (Wildman–Crippen MR) is 96.6 cm³/mol. The molecule has 126 valence electrons. The van der Waals surface area contributed by atoms with Gasteiger partial charge in [-0.1, -0.05) is 13.2 Å². The number of rotatable bonds is 5. The molecule has 0 fully saturated rings. The van der Waals surface area contributed by atoms with E-state index in [0.717, 1.165) is 0 Å². The van der Waals surface area contributed by atoms with Crippen LogP contribution in [0.3, 0.4) is 0 Å². The molecule has 0 heterocycles. The number of esters is 2. The second-order valence-electron chi connectivity index (χ2n) is 2.83. The lowest BCUT2D eigenvalue weighted by Crippen LogP contribution is -2.14. The highest BCUT2D eigenvalue weighted by molar-refractivity contribution is 5.87. The number of hydrogen-bond acceptors (Lipinski definition) is 4. The molecule has 4 heteroatoms. The summed E-state index contributed by atoms with van der Waals surface area (Å²) in [6.07, 6.45) is 0. The number of ether oxygens (including phenoxy) is 2. The molecular formula is C18H30O4. The fourth-order valence-electron chi connectivity index (χ4n) is 0.515. The summed E-state index contributed by atoms with van der Waals surface area (Å²) in [5.74, 6) is -0.979. The fourth-order valence-corrected chi connectivity index (χ4v) is 0.515. The minimum absolute atomic E-state index is 0.0325. The molecule has 0 rings (SSSR count). The Morgan fingerprint density at radius 1 is 0.636 bits per heavy atom. The molecule has 0 aromatic heterocycles. The molecule has 0 saturated heterocycles. The van der Waals surface area contributed by atoms with Gasteiger partial charge in [-0.25, -0.2) is 9.59 Å². The van der Waals surface area contributed by atoms with E-state index in [4.69, 9.17) is 0 Å². The van der Waals surface area contributed by atoms with Crippen LogP contribution in [0, 0.1) is 0 Å². The summed E-state index contributed by atoms with van der Waals surface area (Å²) in [4.78, 5) is 21.7. The SMILES string of the molecule is C=C.C=C.C=C.C=C.C=C(C)C(=O)OCCOC(=O)C(=C)C. The third-order valence-corrected chi connectivity index (χ3v) is 1.25. The summed E-state index contributed by atoms with van der Waals surface area (Å²) in [5.41, 5.74) is 0.632. The van der Waals surface area contributed by atoms with Crippen LogP contribution in [-0.4, -0.2) is 25.2 Å². The van der Waals surface area contributed by atoms with Crippen molar-refractivity contribution < 1.29 is 19.1 Å². The fraction of sp³-hybridized carbons (Fsp3) is 0.222. The van der Waals surface area contributed by atoms with Gasteiger partial charge in [0.1, 0.15) is 13.2 Å². The third kappa shape index (κ3) is 30.4. The van der Waals surface area contributed by atoms with Crippen LogP contribution in [-0.2, 0) is 19.1 Å². The minimum Gasteiger partial charge on any atom is -0.459 e. The highest BCUT2D eigenvalue weighted by atomic mass is 16.6. The summed E-state index contributed by atoms with van der Waals surface area (Å²) >= 11 is 0. The first-order valence-corrected chi connectivity index (χ1v) is 6.10. The van der Waals surface area contributed by atoms with Gasteiger partial charge in [-0.2, -0.15) is 0 Å². The first-order chi connectivity index (χ1) is 10.4. The quantitative estimate of drug-likeness (QED) is 0.326. The molecule has 4 nitrogen and oxygen atoms in total. The monoisotopic (exact) mass is 310 g/mol. The normalized spacial score (nSPS) is 6.45. The number of hydrogen-bond donors (Lipinski definition) is 0. The molecule has 0 aromatic carbocycles. The van der Waals surface area contributed by atoms with E-state index < -0.39 is 11.9 Å².